The molecule has 0 spiro atoms. The van der Waals surface area contributed by atoms with Gasteiger partial charge in [0.25, 0.3) is 0 Å². The third kappa shape index (κ3) is 3.70. The number of aliphatic hydroxyl groups is 1. The molecule has 0 unspecified atom stereocenters. The molecule has 1 heterocycles. The summed E-state index contributed by atoms with van der Waals surface area (Å²) in [4.78, 5) is 24.7. The fraction of sp³-hybridized carbons (Fsp3) is 0.435. The molecule has 5 atom stereocenters. The third-order valence-corrected chi connectivity index (χ3v) is 7.60. The van der Waals surface area contributed by atoms with Crippen molar-refractivity contribution in [2.45, 2.75) is 60.7 Å². The Bertz CT molecular complexity index is 871. The summed E-state index contributed by atoms with van der Waals surface area (Å²) in [6, 6.07) is 18.8. The van der Waals surface area contributed by atoms with E-state index in [0.29, 0.717) is 18.4 Å². The van der Waals surface area contributed by atoms with E-state index in [9.17, 15) is 9.90 Å². The van der Waals surface area contributed by atoms with Crippen LogP contribution in [-0.4, -0.2) is 33.3 Å². The van der Waals surface area contributed by atoms with E-state index < -0.39 is 28.2 Å². The van der Waals surface area contributed by atoms with Gasteiger partial charge in [0, 0.05) is 10.8 Å². The molecule has 6 heteroatoms. The molecule has 0 amide bonds. The van der Waals surface area contributed by atoms with Gasteiger partial charge in [-0.2, -0.15) is 0 Å². The first-order valence-electron chi connectivity index (χ1n) is 9.83. The molecule has 2 aromatic carbocycles. The minimum absolute atomic E-state index is 0.0280. The molecule has 1 saturated heterocycles. The standard InChI is InChI=1S/C23H26O5S/c1-21-15-17(23(3,28-27-21)29-18-12-8-5-9-13-18)14-19(22(21,2)25)26-20(24)16-10-6-4-7-11-16/h4-13,17,19,25H,14-15H2,1-3H3/t17-,19-,21+,22-,23+/m0/s1. The molecule has 5 nitrogen and oxygen atoms in total. The SMILES string of the molecule is C[C@@]12C[C@H](C[C@H](OC(=O)c3ccccc3)[C@]1(C)O)[C@@](C)(Sc1ccccc1)OO2. The molecule has 2 aliphatic rings. The van der Waals surface area contributed by atoms with Crippen LogP contribution < -0.4 is 0 Å². The Kier molecular flexibility index (Phi) is 5.23. The number of thioether (sulfide) groups is 1. The van der Waals surface area contributed by atoms with Crippen molar-refractivity contribution in [3.05, 3.63) is 66.2 Å². The Morgan fingerprint density at radius 1 is 1.03 bits per heavy atom. The topological polar surface area (TPSA) is 65.0 Å². The second kappa shape index (κ2) is 7.43. The smallest absolute Gasteiger partial charge is 0.338 e. The Labute approximate surface area is 175 Å². The summed E-state index contributed by atoms with van der Waals surface area (Å²) >= 11 is 1.58. The first-order valence-corrected chi connectivity index (χ1v) is 10.6. The summed E-state index contributed by atoms with van der Waals surface area (Å²) < 4.78 is 5.80. The van der Waals surface area contributed by atoms with Crippen LogP contribution in [0.5, 0.6) is 0 Å². The maximum Gasteiger partial charge on any atom is 0.338 e. The molecule has 2 fully saturated rings. The Morgan fingerprint density at radius 2 is 1.66 bits per heavy atom. The zero-order valence-electron chi connectivity index (χ0n) is 16.8. The molecular formula is C23H26O5S. The predicted molar refractivity (Wildman–Crippen MR) is 110 cm³/mol. The highest BCUT2D eigenvalue weighted by atomic mass is 32.2. The number of benzene rings is 2. The van der Waals surface area contributed by atoms with Gasteiger partial charge in [-0.25, -0.2) is 14.6 Å². The van der Waals surface area contributed by atoms with E-state index in [2.05, 4.69) is 0 Å². The Balaban J connectivity index is 1.58. The first kappa shape index (κ1) is 20.4. The number of hydrogen-bond acceptors (Lipinski definition) is 6. The van der Waals surface area contributed by atoms with Gasteiger partial charge in [0.1, 0.15) is 17.3 Å². The number of fused-ring (bicyclic) bond motifs is 2. The maximum atomic E-state index is 12.7. The van der Waals surface area contributed by atoms with Gasteiger partial charge in [0.15, 0.2) is 4.93 Å². The van der Waals surface area contributed by atoms with E-state index in [0.717, 1.165) is 4.90 Å². The van der Waals surface area contributed by atoms with Crippen LogP contribution in [0.2, 0.25) is 0 Å². The van der Waals surface area contributed by atoms with Crippen LogP contribution in [0, 0.1) is 5.92 Å². The number of carbonyl (C=O) groups excluding carboxylic acids is 1. The van der Waals surface area contributed by atoms with Gasteiger partial charge < -0.3 is 9.84 Å². The normalized spacial score (nSPS) is 36.4. The Hall–Kier alpha value is -1.86. The number of ether oxygens (including phenoxy) is 1. The van der Waals surface area contributed by atoms with E-state index in [-0.39, 0.29) is 5.92 Å². The van der Waals surface area contributed by atoms with Gasteiger partial charge in [-0.15, -0.1) is 0 Å². The quantitative estimate of drug-likeness (QED) is 0.583. The number of esters is 1. The van der Waals surface area contributed by atoms with Gasteiger partial charge in [-0.1, -0.05) is 48.2 Å². The van der Waals surface area contributed by atoms with Crippen LogP contribution in [0.15, 0.2) is 65.6 Å². The minimum Gasteiger partial charge on any atom is -0.456 e. The molecule has 1 aliphatic heterocycles. The summed E-state index contributed by atoms with van der Waals surface area (Å²) in [5, 5.41) is 11.3. The number of carbonyl (C=O) groups is 1. The van der Waals surface area contributed by atoms with E-state index in [4.69, 9.17) is 14.5 Å². The molecule has 1 saturated carbocycles. The van der Waals surface area contributed by atoms with E-state index in [1.54, 1.807) is 43.0 Å². The molecule has 154 valence electrons. The second-order valence-corrected chi connectivity index (χ2v) is 9.86. The largest absolute Gasteiger partial charge is 0.456 e. The summed E-state index contributed by atoms with van der Waals surface area (Å²) in [6.45, 7) is 5.46. The summed E-state index contributed by atoms with van der Waals surface area (Å²) in [5.41, 5.74) is -1.90. The maximum absolute atomic E-state index is 12.7. The van der Waals surface area contributed by atoms with E-state index in [1.165, 1.54) is 0 Å². The van der Waals surface area contributed by atoms with Crippen molar-refractivity contribution in [1.29, 1.82) is 0 Å². The van der Waals surface area contributed by atoms with Gasteiger partial charge in [0.2, 0.25) is 0 Å². The van der Waals surface area contributed by atoms with Crippen LogP contribution in [0.25, 0.3) is 0 Å². The number of hydrogen-bond donors (Lipinski definition) is 1. The van der Waals surface area contributed by atoms with Crippen LogP contribution in [0.3, 0.4) is 0 Å². The van der Waals surface area contributed by atoms with Crippen molar-refractivity contribution < 1.29 is 24.4 Å². The molecule has 0 radical (unpaired) electrons. The van der Waals surface area contributed by atoms with Crippen LogP contribution >= 0.6 is 11.8 Å². The summed E-state index contributed by atoms with van der Waals surface area (Å²) in [6.07, 6.45) is 0.384. The highest BCUT2D eigenvalue weighted by molar-refractivity contribution is 8.00. The van der Waals surface area contributed by atoms with Crippen molar-refractivity contribution in [1.82, 2.24) is 0 Å². The zero-order valence-corrected chi connectivity index (χ0v) is 17.6. The third-order valence-electron chi connectivity index (χ3n) is 6.29. The predicted octanol–water partition coefficient (Wildman–Crippen LogP) is 4.60. The lowest BCUT2D eigenvalue weighted by atomic mass is 9.65. The monoisotopic (exact) mass is 414 g/mol. The fourth-order valence-electron chi connectivity index (χ4n) is 4.11. The minimum atomic E-state index is -1.38. The number of rotatable bonds is 4. The zero-order chi connectivity index (χ0) is 20.7. The van der Waals surface area contributed by atoms with Crippen molar-refractivity contribution >= 4 is 17.7 Å². The molecule has 2 bridgehead atoms. The summed E-state index contributed by atoms with van der Waals surface area (Å²) in [7, 11) is 0. The summed E-state index contributed by atoms with van der Waals surface area (Å²) in [5.74, 6) is -0.418. The average molecular weight is 415 g/mol. The van der Waals surface area contributed by atoms with Gasteiger partial charge >= 0.3 is 5.97 Å². The molecule has 2 aromatic rings. The molecule has 1 aliphatic carbocycles. The van der Waals surface area contributed by atoms with Crippen LogP contribution in [-0.2, 0) is 14.5 Å². The van der Waals surface area contributed by atoms with Crippen molar-refractivity contribution in [2.75, 3.05) is 0 Å². The Morgan fingerprint density at radius 3 is 2.31 bits per heavy atom. The average Bonchev–Trinajstić information content (AvgIpc) is 2.71. The lowest BCUT2D eigenvalue weighted by molar-refractivity contribution is -0.466. The highest BCUT2D eigenvalue weighted by Crippen LogP contribution is 2.56. The van der Waals surface area contributed by atoms with Crippen LogP contribution in [0.4, 0.5) is 0 Å². The lowest BCUT2D eigenvalue weighted by Crippen LogP contribution is -2.69. The fourth-order valence-corrected chi connectivity index (χ4v) is 5.28. The highest BCUT2D eigenvalue weighted by Gasteiger charge is 2.64. The van der Waals surface area contributed by atoms with Crippen molar-refractivity contribution in [3.8, 4) is 0 Å². The van der Waals surface area contributed by atoms with Crippen LogP contribution in [0.1, 0.15) is 44.0 Å². The molecule has 0 aromatic heterocycles. The van der Waals surface area contributed by atoms with E-state index >= 15 is 0 Å². The molecule has 1 N–H and O–H groups in total. The van der Waals surface area contributed by atoms with E-state index in [1.807, 2.05) is 50.2 Å². The van der Waals surface area contributed by atoms with Crippen molar-refractivity contribution in [2.24, 2.45) is 5.92 Å². The molecular weight excluding hydrogens is 388 g/mol. The van der Waals surface area contributed by atoms with Gasteiger partial charge in [-0.3, -0.25) is 0 Å². The van der Waals surface area contributed by atoms with Gasteiger partial charge in [0.05, 0.1) is 5.56 Å². The molecule has 29 heavy (non-hydrogen) atoms. The second-order valence-electron chi connectivity index (χ2n) is 8.37. The molecule has 4 rings (SSSR count). The van der Waals surface area contributed by atoms with Crippen molar-refractivity contribution in [3.63, 3.8) is 0 Å². The lowest BCUT2D eigenvalue weighted by Gasteiger charge is -2.57. The van der Waals surface area contributed by atoms with Gasteiger partial charge in [-0.05, 0) is 57.9 Å². The first-order chi connectivity index (χ1) is 13.7.